The third-order valence-corrected chi connectivity index (χ3v) is 3.81. The molecular weight excluding hydrogens is 256 g/mol. The van der Waals surface area contributed by atoms with Gasteiger partial charge >= 0.3 is 0 Å². The van der Waals surface area contributed by atoms with Crippen molar-refractivity contribution in [3.63, 3.8) is 0 Å². The van der Waals surface area contributed by atoms with E-state index in [0.717, 1.165) is 16.3 Å². The van der Waals surface area contributed by atoms with Crippen molar-refractivity contribution in [2.45, 2.75) is 13.0 Å². The van der Waals surface area contributed by atoms with Crippen molar-refractivity contribution in [3.05, 3.63) is 34.3 Å². The molecule has 0 aliphatic rings. The van der Waals surface area contributed by atoms with Gasteiger partial charge in [0.2, 0.25) is 0 Å². The van der Waals surface area contributed by atoms with Gasteiger partial charge in [0.15, 0.2) is 0 Å². The molecule has 0 radical (unpaired) electrons. The zero-order valence-corrected chi connectivity index (χ0v) is 11.1. The summed E-state index contributed by atoms with van der Waals surface area (Å²) in [6.07, 6.45) is 0. The average Bonchev–Trinajstić information content (AvgIpc) is 2.81. The molecule has 2 N–H and O–H groups in total. The summed E-state index contributed by atoms with van der Waals surface area (Å²) in [4.78, 5) is 4.54. The number of aromatic hydroxyl groups is 1. The number of nitrogens with zero attached hydrogens (tertiary/aromatic N) is 1. The third kappa shape index (κ3) is 2.60. The predicted molar refractivity (Wildman–Crippen MR) is 71.7 cm³/mol. The van der Waals surface area contributed by atoms with Crippen molar-refractivity contribution in [2.75, 3.05) is 7.05 Å². The van der Waals surface area contributed by atoms with Crippen molar-refractivity contribution in [1.82, 2.24) is 10.3 Å². The number of hydrogen-bond donors (Lipinski definition) is 2. The van der Waals surface area contributed by atoms with Crippen LogP contribution >= 0.6 is 22.9 Å². The molecule has 0 aliphatic heterocycles. The fourth-order valence-corrected chi connectivity index (χ4v) is 2.50. The largest absolute Gasteiger partial charge is 0.506 e. The number of aromatic nitrogens is 1. The number of halogens is 1. The molecule has 1 heterocycles. The molecule has 3 nitrogen and oxygen atoms in total. The second kappa shape index (κ2) is 5.04. The topological polar surface area (TPSA) is 45.1 Å². The Bertz CT molecular complexity index is 527. The zero-order chi connectivity index (χ0) is 12.4. The highest BCUT2D eigenvalue weighted by Crippen LogP contribution is 2.31. The number of rotatable bonds is 3. The summed E-state index contributed by atoms with van der Waals surface area (Å²) >= 11 is 7.44. The molecule has 17 heavy (non-hydrogen) atoms. The number of phenolic OH excluding ortho intramolecular Hbond substituents is 1. The van der Waals surface area contributed by atoms with Crippen LogP contribution in [-0.2, 0) is 0 Å². The minimum Gasteiger partial charge on any atom is -0.506 e. The molecule has 0 saturated carbocycles. The lowest BCUT2D eigenvalue weighted by Gasteiger charge is -2.05. The number of hydrogen-bond acceptors (Lipinski definition) is 4. The molecule has 2 aromatic rings. The van der Waals surface area contributed by atoms with Crippen LogP contribution in [-0.4, -0.2) is 17.1 Å². The van der Waals surface area contributed by atoms with Crippen LogP contribution in [0.3, 0.4) is 0 Å². The van der Waals surface area contributed by atoms with Crippen LogP contribution < -0.4 is 5.32 Å². The van der Waals surface area contributed by atoms with E-state index in [1.54, 1.807) is 23.5 Å². The van der Waals surface area contributed by atoms with Crippen LogP contribution in [0.5, 0.6) is 5.75 Å². The van der Waals surface area contributed by atoms with Crippen LogP contribution in [0.2, 0.25) is 5.02 Å². The fraction of sp³-hybridized carbons (Fsp3) is 0.250. The lowest BCUT2D eigenvalue weighted by molar-refractivity contribution is 0.475. The van der Waals surface area contributed by atoms with Crippen molar-refractivity contribution >= 4 is 22.9 Å². The second-order valence-corrected chi connectivity index (χ2v) is 5.02. The number of thiazole rings is 1. The summed E-state index contributed by atoms with van der Waals surface area (Å²) in [6, 6.07) is 5.35. The number of benzene rings is 1. The molecule has 1 unspecified atom stereocenters. The van der Waals surface area contributed by atoms with Gasteiger partial charge in [-0.15, -0.1) is 11.3 Å². The first-order valence-electron chi connectivity index (χ1n) is 5.23. The lowest BCUT2D eigenvalue weighted by Crippen LogP contribution is -2.12. The SMILES string of the molecule is CNC(C)c1csc(-c2ccc(O)c(Cl)c2)n1. The fourth-order valence-electron chi connectivity index (χ4n) is 1.41. The Morgan fingerprint density at radius 2 is 2.24 bits per heavy atom. The Hall–Kier alpha value is -1.10. The van der Waals surface area contributed by atoms with Crippen molar-refractivity contribution < 1.29 is 5.11 Å². The summed E-state index contributed by atoms with van der Waals surface area (Å²) in [7, 11) is 1.90. The summed E-state index contributed by atoms with van der Waals surface area (Å²) in [5, 5.41) is 15.8. The highest BCUT2D eigenvalue weighted by molar-refractivity contribution is 7.13. The Labute approximate surface area is 109 Å². The first kappa shape index (κ1) is 12.4. The van der Waals surface area contributed by atoms with Crippen molar-refractivity contribution in [2.24, 2.45) is 0 Å². The molecule has 1 atom stereocenters. The van der Waals surface area contributed by atoms with Crippen LogP contribution in [0.4, 0.5) is 0 Å². The predicted octanol–water partition coefficient (Wildman–Crippen LogP) is 3.45. The summed E-state index contributed by atoms with van der Waals surface area (Å²) in [6.45, 7) is 2.06. The highest BCUT2D eigenvalue weighted by Gasteiger charge is 2.10. The summed E-state index contributed by atoms with van der Waals surface area (Å²) in [5.74, 6) is 0.0933. The van der Waals surface area contributed by atoms with E-state index in [4.69, 9.17) is 11.6 Å². The zero-order valence-electron chi connectivity index (χ0n) is 9.57. The Balaban J connectivity index is 2.33. The minimum atomic E-state index is 0.0933. The van der Waals surface area contributed by atoms with Crippen molar-refractivity contribution in [1.29, 1.82) is 0 Å². The summed E-state index contributed by atoms with van der Waals surface area (Å²) in [5.41, 5.74) is 1.93. The van der Waals surface area contributed by atoms with Gasteiger partial charge in [-0.05, 0) is 32.2 Å². The second-order valence-electron chi connectivity index (χ2n) is 3.75. The smallest absolute Gasteiger partial charge is 0.134 e. The van der Waals surface area contributed by atoms with Crippen molar-refractivity contribution in [3.8, 4) is 16.3 Å². The first-order valence-corrected chi connectivity index (χ1v) is 6.49. The Kier molecular flexibility index (Phi) is 3.66. The monoisotopic (exact) mass is 268 g/mol. The third-order valence-electron chi connectivity index (χ3n) is 2.59. The van der Waals surface area contributed by atoms with Crippen LogP contribution in [0.15, 0.2) is 23.6 Å². The lowest BCUT2D eigenvalue weighted by atomic mass is 10.2. The van der Waals surface area contributed by atoms with Gasteiger partial charge in [0, 0.05) is 17.0 Å². The van der Waals surface area contributed by atoms with E-state index < -0.39 is 0 Å². The first-order chi connectivity index (χ1) is 8.11. The quantitative estimate of drug-likeness (QED) is 0.896. The van der Waals surface area contributed by atoms with E-state index in [-0.39, 0.29) is 11.8 Å². The van der Waals surface area contributed by atoms with Crippen LogP contribution in [0, 0.1) is 0 Å². The van der Waals surface area contributed by atoms with Gasteiger partial charge in [-0.3, -0.25) is 0 Å². The van der Waals surface area contributed by atoms with E-state index in [2.05, 4.69) is 17.2 Å². The van der Waals surface area contributed by atoms with E-state index >= 15 is 0 Å². The van der Waals surface area contributed by atoms with Gasteiger partial charge in [0.05, 0.1) is 10.7 Å². The molecule has 1 aromatic carbocycles. The van der Waals surface area contributed by atoms with Crippen LogP contribution in [0.25, 0.3) is 10.6 Å². The van der Waals surface area contributed by atoms with E-state index in [9.17, 15) is 5.11 Å². The molecule has 0 spiro atoms. The normalized spacial score (nSPS) is 12.6. The number of nitrogens with one attached hydrogen (secondary N) is 1. The van der Waals surface area contributed by atoms with Gasteiger partial charge in [-0.25, -0.2) is 4.98 Å². The Morgan fingerprint density at radius 3 is 2.88 bits per heavy atom. The number of phenols is 1. The molecule has 1 aromatic heterocycles. The Morgan fingerprint density at radius 1 is 1.47 bits per heavy atom. The van der Waals surface area contributed by atoms with Gasteiger partial charge in [0.1, 0.15) is 10.8 Å². The van der Waals surface area contributed by atoms with Crippen LogP contribution in [0.1, 0.15) is 18.7 Å². The summed E-state index contributed by atoms with van der Waals surface area (Å²) < 4.78 is 0. The van der Waals surface area contributed by atoms with Gasteiger partial charge < -0.3 is 10.4 Å². The standard InChI is InChI=1S/C12H13ClN2OS/c1-7(14-2)10-6-17-12(15-10)8-3-4-11(16)9(13)5-8/h3-7,14,16H,1-2H3. The van der Waals surface area contributed by atoms with E-state index in [0.29, 0.717) is 5.02 Å². The molecule has 2 rings (SSSR count). The molecular formula is C12H13ClN2OS. The maximum Gasteiger partial charge on any atom is 0.134 e. The van der Waals surface area contributed by atoms with Gasteiger partial charge in [0.25, 0.3) is 0 Å². The highest BCUT2D eigenvalue weighted by atomic mass is 35.5. The van der Waals surface area contributed by atoms with E-state index in [1.165, 1.54) is 0 Å². The maximum atomic E-state index is 9.36. The molecule has 0 aliphatic carbocycles. The molecule has 90 valence electrons. The average molecular weight is 269 g/mol. The molecule has 0 saturated heterocycles. The van der Waals surface area contributed by atoms with Gasteiger partial charge in [-0.2, -0.15) is 0 Å². The molecule has 0 bridgehead atoms. The van der Waals surface area contributed by atoms with E-state index in [1.807, 2.05) is 18.5 Å². The molecule has 0 amide bonds. The molecule has 5 heteroatoms. The van der Waals surface area contributed by atoms with Gasteiger partial charge in [-0.1, -0.05) is 11.6 Å². The maximum absolute atomic E-state index is 9.36. The minimum absolute atomic E-state index is 0.0933. The molecule has 0 fully saturated rings.